The lowest BCUT2D eigenvalue weighted by molar-refractivity contribution is -0.0553. The van der Waals surface area contributed by atoms with Crippen molar-refractivity contribution in [2.45, 2.75) is 19.6 Å². The fraction of sp³-hybridized carbons (Fsp3) is 0.438. The van der Waals surface area contributed by atoms with Gasteiger partial charge in [0.25, 0.3) is 0 Å². The van der Waals surface area contributed by atoms with E-state index in [2.05, 4.69) is 16.8 Å². The molecule has 112 valence electrons. The van der Waals surface area contributed by atoms with Crippen molar-refractivity contribution < 1.29 is 14.3 Å². The van der Waals surface area contributed by atoms with Gasteiger partial charge in [-0.15, -0.1) is 0 Å². The van der Waals surface area contributed by atoms with Gasteiger partial charge in [0.05, 0.1) is 25.0 Å². The maximum atomic E-state index is 9.16. The van der Waals surface area contributed by atoms with Crippen molar-refractivity contribution in [2.75, 3.05) is 26.3 Å². The smallest absolute Gasteiger partial charge is 0.226 e. The largest absolute Gasteiger partial charge is 0.444 e. The predicted molar refractivity (Wildman–Crippen MR) is 78.8 cm³/mol. The number of ether oxygens (including phenoxy) is 1. The van der Waals surface area contributed by atoms with Gasteiger partial charge in [0.2, 0.25) is 5.89 Å². The minimum absolute atomic E-state index is 0.0595. The second kappa shape index (κ2) is 6.39. The highest BCUT2D eigenvalue weighted by Crippen LogP contribution is 2.20. The lowest BCUT2D eigenvalue weighted by Crippen LogP contribution is -2.43. The molecule has 1 aliphatic rings. The van der Waals surface area contributed by atoms with Gasteiger partial charge in [-0.05, 0) is 19.1 Å². The summed E-state index contributed by atoms with van der Waals surface area (Å²) < 4.78 is 11.0. The van der Waals surface area contributed by atoms with Crippen LogP contribution in [0, 0.1) is 6.92 Å². The van der Waals surface area contributed by atoms with Crippen LogP contribution in [0.25, 0.3) is 11.5 Å². The van der Waals surface area contributed by atoms with Crippen molar-refractivity contribution in [1.29, 1.82) is 0 Å². The quantitative estimate of drug-likeness (QED) is 0.930. The van der Waals surface area contributed by atoms with E-state index in [-0.39, 0.29) is 12.7 Å². The van der Waals surface area contributed by atoms with Gasteiger partial charge in [0, 0.05) is 25.2 Å². The zero-order chi connectivity index (χ0) is 14.7. The van der Waals surface area contributed by atoms with Crippen molar-refractivity contribution in [3.63, 3.8) is 0 Å². The summed E-state index contributed by atoms with van der Waals surface area (Å²) in [6, 6.07) is 8.13. The Morgan fingerprint density at radius 2 is 2.14 bits per heavy atom. The van der Waals surface area contributed by atoms with Crippen LogP contribution in [0.15, 0.2) is 34.9 Å². The molecular weight excluding hydrogens is 268 g/mol. The van der Waals surface area contributed by atoms with Gasteiger partial charge < -0.3 is 14.3 Å². The summed E-state index contributed by atoms with van der Waals surface area (Å²) in [4.78, 5) is 6.77. The minimum atomic E-state index is -0.0952. The summed E-state index contributed by atoms with van der Waals surface area (Å²) >= 11 is 0. The Morgan fingerprint density at radius 1 is 1.33 bits per heavy atom. The van der Waals surface area contributed by atoms with E-state index >= 15 is 0 Å². The predicted octanol–water partition coefficient (Wildman–Crippen LogP) is 1.84. The molecule has 2 aromatic rings. The van der Waals surface area contributed by atoms with E-state index in [1.807, 2.05) is 24.3 Å². The number of aliphatic hydroxyl groups excluding tert-OH is 1. The van der Waals surface area contributed by atoms with Crippen molar-refractivity contribution in [2.24, 2.45) is 0 Å². The fourth-order valence-electron chi connectivity index (χ4n) is 2.47. The molecule has 0 radical (unpaired) electrons. The number of morpholine rings is 1. The molecule has 0 saturated carbocycles. The SMILES string of the molecule is Cc1ccc(-c2nc(CN3CCOC(CO)C3)co2)cc1. The van der Waals surface area contributed by atoms with Crippen LogP contribution in [0.3, 0.4) is 0 Å². The molecule has 3 rings (SSSR count). The number of oxazole rings is 1. The van der Waals surface area contributed by atoms with Crippen molar-refractivity contribution in [3.8, 4) is 11.5 Å². The maximum Gasteiger partial charge on any atom is 0.226 e. The number of aromatic nitrogens is 1. The molecule has 0 amide bonds. The summed E-state index contributed by atoms with van der Waals surface area (Å²) in [5.74, 6) is 0.650. The number of rotatable bonds is 4. The number of benzene rings is 1. The fourth-order valence-corrected chi connectivity index (χ4v) is 2.47. The molecule has 1 aliphatic heterocycles. The number of aliphatic hydroxyl groups is 1. The van der Waals surface area contributed by atoms with Gasteiger partial charge in [-0.2, -0.15) is 0 Å². The molecule has 1 atom stereocenters. The third-order valence-electron chi connectivity index (χ3n) is 3.66. The van der Waals surface area contributed by atoms with Gasteiger partial charge in [-0.1, -0.05) is 17.7 Å². The van der Waals surface area contributed by atoms with Crippen LogP contribution in [0.4, 0.5) is 0 Å². The second-order valence-electron chi connectivity index (χ2n) is 5.42. The first-order chi connectivity index (χ1) is 10.2. The van der Waals surface area contributed by atoms with Crippen LogP contribution in [0.5, 0.6) is 0 Å². The van der Waals surface area contributed by atoms with Crippen molar-refractivity contribution in [1.82, 2.24) is 9.88 Å². The van der Waals surface area contributed by atoms with E-state index in [1.165, 1.54) is 5.56 Å². The Labute approximate surface area is 124 Å². The lowest BCUT2D eigenvalue weighted by atomic mass is 10.1. The third-order valence-corrected chi connectivity index (χ3v) is 3.66. The van der Waals surface area contributed by atoms with E-state index in [9.17, 15) is 0 Å². The van der Waals surface area contributed by atoms with E-state index in [0.29, 0.717) is 12.5 Å². The Bertz CT molecular complexity index is 579. The standard InChI is InChI=1S/C16H20N2O3/c1-12-2-4-13(5-3-12)16-17-14(11-21-16)8-18-6-7-20-15(9-18)10-19/h2-5,11,15,19H,6-10H2,1H3. The van der Waals surface area contributed by atoms with Crippen LogP contribution in [-0.4, -0.2) is 47.4 Å². The Hall–Kier alpha value is -1.69. The Balaban J connectivity index is 1.66. The van der Waals surface area contributed by atoms with E-state index in [4.69, 9.17) is 14.3 Å². The zero-order valence-electron chi connectivity index (χ0n) is 12.2. The van der Waals surface area contributed by atoms with Crippen molar-refractivity contribution in [3.05, 3.63) is 41.8 Å². The highest BCUT2D eigenvalue weighted by molar-refractivity contribution is 5.53. The Kier molecular flexibility index (Phi) is 4.34. The number of hydrogen-bond acceptors (Lipinski definition) is 5. The molecule has 2 heterocycles. The van der Waals surface area contributed by atoms with Gasteiger partial charge >= 0.3 is 0 Å². The highest BCUT2D eigenvalue weighted by Gasteiger charge is 2.20. The second-order valence-corrected chi connectivity index (χ2v) is 5.42. The average Bonchev–Trinajstić information content (AvgIpc) is 2.96. The molecule has 5 heteroatoms. The molecule has 21 heavy (non-hydrogen) atoms. The monoisotopic (exact) mass is 288 g/mol. The van der Waals surface area contributed by atoms with Crippen LogP contribution in [0.1, 0.15) is 11.3 Å². The topological polar surface area (TPSA) is 58.7 Å². The molecule has 0 spiro atoms. The molecule has 1 fully saturated rings. The summed E-state index contributed by atoms with van der Waals surface area (Å²) in [6.45, 7) is 5.06. The van der Waals surface area contributed by atoms with Crippen molar-refractivity contribution >= 4 is 0 Å². The summed E-state index contributed by atoms with van der Waals surface area (Å²) in [6.07, 6.45) is 1.61. The first-order valence-corrected chi connectivity index (χ1v) is 7.21. The van der Waals surface area contributed by atoms with Crippen LogP contribution in [-0.2, 0) is 11.3 Å². The molecule has 1 unspecified atom stereocenters. The van der Waals surface area contributed by atoms with E-state index in [1.54, 1.807) is 6.26 Å². The molecule has 1 aromatic carbocycles. The third kappa shape index (κ3) is 3.50. The Morgan fingerprint density at radius 3 is 2.90 bits per heavy atom. The lowest BCUT2D eigenvalue weighted by Gasteiger charge is -2.31. The van der Waals surface area contributed by atoms with Gasteiger partial charge in [0.15, 0.2) is 0 Å². The minimum Gasteiger partial charge on any atom is -0.444 e. The average molecular weight is 288 g/mol. The van der Waals surface area contributed by atoms with E-state index in [0.717, 1.165) is 30.9 Å². The number of nitrogens with zero attached hydrogens (tertiary/aromatic N) is 2. The molecule has 0 aliphatic carbocycles. The van der Waals surface area contributed by atoms with Crippen LogP contribution in [0.2, 0.25) is 0 Å². The number of aryl methyl sites for hydroxylation is 1. The summed E-state index contributed by atoms with van der Waals surface area (Å²) in [7, 11) is 0. The first-order valence-electron chi connectivity index (χ1n) is 7.21. The maximum absolute atomic E-state index is 9.16. The normalized spacial score (nSPS) is 19.8. The molecule has 1 saturated heterocycles. The molecule has 1 N–H and O–H groups in total. The highest BCUT2D eigenvalue weighted by atomic mass is 16.5. The van der Waals surface area contributed by atoms with Gasteiger partial charge in [-0.25, -0.2) is 4.98 Å². The summed E-state index contributed by atoms with van der Waals surface area (Å²) in [5, 5.41) is 9.16. The molecule has 5 nitrogen and oxygen atoms in total. The van der Waals surface area contributed by atoms with E-state index < -0.39 is 0 Å². The van der Waals surface area contributed by atoms with Crippen LogP contribution < -0.4 is 0 Å². The first kappa shape index (κ1) is 14.3. The zero-order valence-corrected chi connectivity index (χ0v) is 12.2. The molecule has 1 aromatic heterocycles. The van der Waals surface area contributed by atoms with Gasteiger partial charge in [0.1, 0.15) is 6.26 Å². The van der Waals surface area contributed by atoms with Gasteiger partial charge in [-0.3, -0.25) is 4.90 Å². The molecule has 0 bridgehead atoms. The summed E-state index contributed by atoms with van der Waals surface area (Å²) in [5.41, 5.74) is 3.11. The number of hydrogen-bond donors (Lipinski definition) is 1. The molecular formula is C16H20N2O3. The van der Waals surface area contributed by atoms with Crippen LogP contribution >= 0.6 is 0 Å².